The van der Waals surface area contributed by atoms with Gasteiger partial charge in [0, 0.05) is 6.04 Å². The van der Waals surface area contributed by atoms with Crippen LogP contribution in [0.2, 0.25) is 0 Å². The Morgan fingerprint density at radius 3 is 2.50 bits per heavy atom. The number of nitrogens with one attached hydrogen (secondary N) is 1. The van der Waals surface area contributed by atoms with Crippen LogP contribution in [-0.4, -0.2) is 6.04 Å². The van der Waals surface area contributed by atoms with Crippen LogP contribution in [0.5, 0.6) is 0 Å². The van der Waals surface area contributed by atoms with Gasteiger partial charge in [0.15, 0.2) is 0 Å². The summed E-state index contributed by atoms with van der Waals surface area (Å²) >= 11 is 0. The Hall–Kier alpha value is -0.460. The second-order valence-corrected chi connectivity index (χ2v) is 2.25. The van der Waals surface area contributed by atoms with Gasteiger partial charge in [0.2, 0.25) is 0 Å². The number of rotatable bonds is 1. The SMILES string of the molecule is CC.CCC1CCC=CN1. The fraction of sp³-hybridized carbons (Fsp3) is 0.778. The van der Waals surface area contributed by atoms with Gasteiger partial charge in [0.1, 0.15) is 0 Å². The molecule has 0 aliphatic carbocycles. The number of hydrogen-bond donors (Lipinski definition) is 1. The van der Waals surface area contributed by atoms with E-state index in [0.29, 0.717) is 0 Å². The van der Waals surface area contributed by atoms with Gasteiger partial charge >= 0.3 is 0 Å². The van der Waals surface area contributed by atoms with Crippen molar-refractivity contribution < 1.29 is 0 Å². The number of hydrogen-bond acceptors (Lipinski definition) is 1. The molecular weight excluding hydrogens is 122 g/mol. The van der Waals surface area contributed by atoms with Gasteiger partial charge in [-0.2, -0.15) is 0 Å². The first-order valence-electron chi connectivity index (χ1n) is 4.34. The van der Waals surface area contributed by atoms with E-state index in [9.17, 15) is 0 Å². The van der Waals surface area contributed by atoms with Crippen LogP contribution in [0.4, 0.5) is 0 Å². The molecule has 1 unspecified atom stereocenters. The molecular formula is C9H19N. The van der Waals surface area contributed by atoms with E-state index < -0.39 is 0 Å². The Balaban J connectivity index is 0.000000371. The van der Waals surface area contributed by atoms with E-state index in [2.05, 4.69) is 24.5 Å². The standard InChI is InChI=1S/C7H13N.C2H6/c1-2-7-5-3-4-6-8-7;1-2/h4,6-8H,2-3,5H2,1H3;1-2H3. The molecule has 1 N–H and O–H groups in total. The zero-order valence-corrected chi connectivity index (χ0v) is 7.35. The molecule has 1 aliphatic rings. The van der Waals surface area contributed by atoms with Crippen LogP contribution >= 0.6 is 0 Å². The van der Waals surface area contributed by atoms with Crippen LogP contribution in [0.15, 0.2) is 12.3 Å². The second kappa shape index (κ2) is 6.66. The van der Waals surface area contributed by atoms with E-state index in [0.717, 1.165) is 6.04 Å². The third kappa shape index (κ3) is 3.54. The second-order valence-electron chi connectivity index (χ2n) is 2.25. The summed E-state index contributed by atoms with van der Waals surface area (Å²) in [6.07, 6.45) is 8.08. The molecule has 1 nitrogen and oxygen atoms in total. The summed E-state index contributed by atoms with van der Waals surface area (Å²) in [5.41, 5.74) is 0. The van der Waals surface area contributed by atoms with Crippen molar-refractivity contribution in [1.82, 2.24) is 5.32 Å². The fourth-order valence-electron chi connectivity index (χ4n) is 0.990. The van der Waals surface area contributed by atoms with Crippen molar-refractivity contribution in [2.24, 2.45) is 0 Å². The first-order valence-corrected chi connectivity index (χ1v) is 4.34. The molecule has 0 saturated carbocycles. The van der Waals surface area contributed by atoms with E-state index in [1.165, 1.54) is 19.3 Å². The van der Waals surface area contributed by atoms with Gasteiger partial charge in [-0.3, -0.25) is 0 Å². The molecule has 0 bridgehead atoms. The smallest absolute Gasteiger partial charge is 0.0256 e. The van der Waals surface area contributed by atoms with Crippen LogP contribution in [0, 0.1) is 0 Å². The molecule has 0 aromatic rings. The van der Waals surface area contributed by atoms with Crippen LogP contribution in [0.25, 0.3) is 0 Å². The minimum Gasteiger partial charge on any atom is -0.388 e. The average molecular weight is 141 g/mol. The highest BCUT2D eigenvalue weighted by Crippen LogP contribution is 2.05. The maximum atomic E-state index is 3.29. The molecule has 1 atom stereocenters. The van der Waals surface area contributed by atoms with Gasteiger partial charge < -0.3 is 5.32 Å². The maximum Gasteiger partial charge on any atom is 0.0256 e. The van der Waals surface area contributed by atoms with E-state index >= 15 is 0 Å². The molecule has 0 saturated heterocycles. The molecule has 1 rings (SSSR count). The Morgan fingerprint density at radius 1 is 1.50 bits per heavy atom. The van der Waals surface area contributed by atoms with Crippen molar-refractivity contribution in [3.8, 4) is 0 Å². The summed E-state index contributed by atoms with van der Waals surface area (Å²) in [4.78, 5) is 0. The van der Waals surface area contributed by atoms with Crippen molar-refractivity contribution >= 4 is 0 Å². The minimum absolute atomic E-state index is 0.750. The van der Waals surface area contributed by atoms with Crippen molar-refractivity contribution in [2.75, 3.05) is 0 Å². The third-order valence-electron chi connectivity index (χ3n) is 1.62. The normalized spacial score (nSPS) is 22.5. The van der Waals surface area contributed by atoms with E-state index in [1.54, 1.807) is 0 Å². The lowest BCUT2D eigenvalue weighted by Crippen LogP contribution is -2.25. The van der Waals surface area contributed by atoms with Crippen molar-refractivity contribution in [3.05, 3.63) is 12.3 Å². The molecule has 0 aromatic heterocycles. The Bertz CT molecular complexity index is 86.7. The van der Waals surface area contributed by atoms with E-state index in [4.69, 9.17) is 0 Å². The van der Waals surface area contributed by atoms with Crippen molar-refractivity contribution in [2.45, 2.75) is 46.1 Å². The molecule has 10 heavy (non-hydrogen) atoms. The van der Waals surface area contributed by atoms with Crippen LogP contribution in [0.3, 0.4) is 0 Å². The summed E-state index contributed by atoms with van der Waals surface area (Å²) in [5, 5.41) is 3.29. The van der Waals surface area contributed by atoms with Gasteiger partial charge in [0.05, 0.1) is 0 Å². The molecule has 1 aliphatic heterocycles. The lowest BCUT2D eigenvalue weighted by atomic mass is 10.1. The largest absolute Gasteiger partial charge is 0.388 e. The third-order valence-corrected chi connectivity index (χ3v) is 1.62. The van der Waals surface area contributed by atoms with E-state index in [-0.39, 0.29) is 0 Å². The minimum atomic E-state index is 0.750. The average Bonchev–Trinajstić information content (AvgIpc) is 2.10. The molecule has 0 spiro atoms. The molecule has 0 radical (unpaired) electrons. The Morgan fingerprint density at radius 2 is 2.20 bits per heavy atom. The Labute approximate surface area is 64.5 Å². The summed E-state index contributed by atoms with van der Waals surface area (Å²) in [5.74, 6) is 0. The molecule has 0 aromatic carbocycles. The van der Waals surface area contributed by atoms with Gasteiger partial charge in [-0.15, -0.1) is 0 Å². The van der Waals surface area contributed by atoms with Crippen LogP contribution in [-0.2, 0) is 0 Å². The zero-order chi connectivity index (χ0) is 7.82. The molecule has 0 fully saturated rings. The quantitative estimate of drug-likeness (QED) is 0.592. The predicted molar refractivity (Wildman–Crippen MR) is 46.9 cm³/mol. The summed E-state index contributed by atoms with van der Waals surface area (Å²) < 4.78 is 0. The van der Waals surface area contributed by atoms with Crippen molar-refractivity contribution in [1.29, 1.82) is 0 Å². The van der Waals surface area contributed by atoms with Gasteiger partial charge in [0.25, 0.3) is 0 Å². The fourth-order valence-corrected chi connectivity index (χ4v) is 0.990. The molecule has 1 heterocycles. The Kier molecular flexibility index (Phi) is 6.35. The molecule has 0 amide bonds. The highest BCUT2D eigenvalue weighted by atomic mass is 14.9. The molecule has 1 heteroatoms. The van der Waals surface area contributed by atoms with Crippen molar-refractivity contribution in [3.63, 3.8) is 0 Å². The van der Waals surface area contributed by atoms with Gasteiger partial charge in [-0.25, -0.2) is 0 Å². The lowest BCUT2D eigenvalue weighted by Gasteiger charge is -2.17. The highest BCUT2D eigenvalue weighted by molar-refractivity contribution is 4.89. The highest BCUT2D eigenvalue weighted by Gasteiger charge is 2.03. The van der Waals surface area contributed by atoms with E-state index in [1.807, 2.05) is 13.8 Å². The number of allylic oxidation sites excluding steroid dienone is 1. The first-order chi connectivity index (χ1) is 4.93. The molecule has 60 valence electrons. The topological polar surface area (TPSA) is 12.0 Å². The monoisotopic (exact) mass is 141 g/mol. The summed E-state index contributed by atoms with van der Waals surface area (Å²) in [7, 11) is 0. The lowest BCUT2D eigenvalue weighted by molar-refractivity contribution is 0.512. The summed E-state index contributed by atoms with van der Waals surface area (Å²) in [6.45, 7) is 6.22. The summed E-state index contributed by atoms with van der Waals surface area (Å²) in [6, 6.07) is 0.750. The van der Waals surface area contributed by atoms with Crippen LogP contribution in [0.1, 0.15) is 40.0 Å². The van der Waals surface area contributed by atoms with Crippen LogP contribution < -0.4 is 5.32 Å². The maximum absolute atomic E-state index is 3.29. The first kappa shape index (κ1) is 9.54. The predicted octanol–water partition coefficient (Wildman–Crippen LogP) is 2.69. The van der Waals surface area contributed by atoms with Gasteiger partial charge in [-0.1, -0.05) is 26.8 Å². The zero-order valence-electron chi connectivity index (χ0n) is 7.35. The van der Waals surface area contributed by atoms with Gasteiger partial charge in [-0.05, 0) is 25.5 Å².